The summed E-state index contributed by atoms with van der Waals surface area (Å²) in [7, 11) is 0. The van der Waals surface area contributed by atoms with Crippen molar-refractivity contribution in [3.8, 4) is 11.5 Å². The highest BCUT2D eigenvalue weighted by Crippen LogP contribution is 2.25. The maximum Gasteiger partial charge on any atom is 0.150 e. The van der Waals surface area contributed by atoms with E-state index in [1.165, 1.54) is 5.56 Å². The van der Waals surface area contributed by atoms with Crippen LogP contribution in [0.1, 0.15) is 35.7 Å². The molecule has 0 spiro atoms. The van der Waals surface area contributed by atoms with Gasteiger partial charge in [-0.05, 0) is 47.9 Å². The van der Waals surface area contributed by atoms with Gasteiger partial charge in [0.2, 0.25) is 0 Å². The fourth-order valence-electron chi connectivity index (χ4n) is 1.69. The molecule has 0 aliphatic heterocycles. The Bertz CT molecular complexity index is 527. The fraction of sp³-hybridized carbons (Fsp3) is 0.188. The zero-order valence-electron chi connectivity index (χ0n) is 10.6. The first-order valence-electron chi connectivity index (χ1n) is 6.02. The molecule has 2 rings (SSSR count). The molecule has 0 aromatic heterocycles. The molecular formula is C16H16O2. The van der Waals surface area contributed by atoms with Crippen molar-refractivity contribution in [1.29, 1.82) is 0 Å². The van der Waals surface area contributed by atoms with E-state index < -0.39 is 0 Å². The van der Waals surface area contributed by atoms with Crippen molar-refractivity contribution in [3.63, 3.8) is 0 Å². The van der Waals surface area contributed by atoms with Gasteiger partial charge in [0.25, 0.3) is 0 Å². The molecule has 0 heterocycles. The van der Waals surface area contributed by atoms with Crippen LogP contribution in [-0.4, -0.2) is 6.29 Å². The van der Waals surface area contributed by atoms with Crippen molar-refractivity contribution in [2.45, 2.75) is 19.8 Å². The summed E-state index contributed by atoms with van der Waals surface area (Å²) in [4.78, 5) is 10.6. The van der Waals surface area contributed by atoms with Gasteiger partial charge in [0.05, 0.1) is 0 Å². The van der Waals surface area contributed by atoms with Crippen LogP contribution in [0.25, 0.3) is 0 Å². The smallest absolute Gasteiger partial charge is 0.150 e. The lowest BCUT2D eigenvalue weighted by atomic mass is 10.0. The molecule has 0 saturated heterocycles. The van der Waals surface area contributed by atoms with E-state index in [1.807, 2.05) is 18.2 Å². The maximum absolute atomic E-state index is 10.6. The first kappa shape index (κ1) is 12.4. The van der Waals surface area contributed by atoms with Gasteiger partial charge in [-0.2, -0.15) is 0 Å². The van der Waals surface area contributed by atoms with Crippen LogP contribution in [0.2, 0.25) is 0 Å². The highest BCUT2D eigenvalue weighted by Gasteiger charge is 2.02. The Morgan fingerprint density at radius 2 is 1.72 bits per heavy atom. The summed E-state index contributed by atoms with van der Waals surface area (Å²) in [6.45, 7) is 4.30. The van der Waals surface area contributed by atoms with E-state index in [-0.39, 0.29) is 0 Å². The minimum atomic E-state index is 0.478. The summed E-state index contributed by atoms with van der Waals surface area (Å²) in [5.74, 6) is 2.03. The standard InChI is InChI=1S/C16H16O2/c1-12(2)14-4-3-5-16(10-14)18-15-8-6-13(11-17)7-9-15/h3-12H,1-2H3. The molecule has 2 heteroatoms. The van der Waals surface area contributed by atoms with Crippen LogP contribution in [0.5, 0.6) is 11.5 Å². The summed E-state index contributed by atoms with van der Waals surface area (Å²) in [6.07, 6.45) is 0.823. The predicted octanol–water partition coefficient (Wildman–Crippen LogP) is 4.41. The molecule has 0 bridgehead atoms. The normalized spacial score (nSPS) is 10.4. The van der Waals surface area contributed by atoms with Gasteiger partial charge in [-0.25, -0.2) is 0 Å². The topological polar surface area (TPSA) is 26.3 Å². The molecule has 0 aliphatic carbocycles. The van der Waals surface area contributed by atoms with E-state index in [0.29, 0.717) is 11.5 Å². The van der Waals surface area contributed by atoms with Crippen LogP contribution in [0.3, 0.4) is 0 Å². The average Bonchev–Trinajstić information content (AvgIpc) is 2.40. The number of rotatable bonds is 4. The van der Waals surface area contributed by atoms with E-state index in [0.717, 1.165) is 17.8 Å². The third-order valence-corrected chi connectivity index (χ3v) is 2.78. The van der Waals surface area contributed by atoms with E-state index in [9.17, 15) is 4.79 Å². The molecule has 0 N–H and O–H groups in total. The monoisotopic (exact) mass is 240 g/mol. The van der Waals surface area contributed by atoms with Gasteiger partial charge in [-0.3, -0.25) is 4.79 Å². The SMILES string of the molecule is CC(C)c1cccc(Oc2ccc(C=O)cc2)c1. The number of ether oxygens (including phenoxy) is 1. The second-order valence-corrected chi connectivity index (χ2v) is 4.52. The minimum Gasteiger partial charge on any atom is -0.457 e. The fourth-order valence-corrected chi connectivity index (χ4v) is 1.69. The Morgan fingerprint density at radius 1 is 1.00 bits per heavy atom. The summed E-state index contributed by atoms with van der Waals surface area (Å²) >= 11 is 0. The molecule has 18 heavy (non-hydrogen) atoms. The van der Waals surface area contributed by atoms with E-state index in [4.69, 9.17) is 4.74 Å². The van der Waals surface area contributed by atoms with E-state index >= 15 is 0 Å². The third kappa shape index (κ3) is 2.98. The van der Waals surface area contributed by atoms with Crippen molar-refractivity contribution in [2.75, 3.05) is 0 Å². The highest BCUT2D eigenvalue weighted by molar-refractivity contribution is 5.74. The number of carbonyl (C=O) groups excluding carboxylic acids is 1. The lowest BCUT2D eigenvalue weighted by Gasteiger charge is -2.09. The van der Waals surface area contributed by atoms with Crippen molar-refractivity contribution in [1.82, 2.24) is 0 Å². The molecule has 0 fully saturated rings. The minimum absolute atomic E-state index is 0.478. The number of hydrogen-bond donors (Lipinski definition) is 0. The molecule has 0 unspecified atom stereocenters. The van der Waals surface area contributed by atoms with Crippen LogP contribution in [0, 0.1) is 0 Å². The van der Waals surface area contributed by atoms with E-state index in [2.05, 4.69) is 19.9 Å². The van der Waals surface area contributed by atoms with Gasteiger partial charge >= 0.3 is 0 Å². The Labute approximate surface area is 107 Å². The Balaban J connectivity index is 2.17. The van der Waals surface area contributed by atoms with Crippen LogP contribution in [0.4, 0.5) is 0 Å². The predicted molar refractivity (Wildman–Crippen MR) is 72.4 cm³/mol. The van der Waals surface area contributed by atoms with E-state index in [1.54, 1.807) is 24.3 Å². The van der Waals surface area contributed by atoms with Gasteiger partial charge in [0, 0.05) is 5.56 Å². The largest absolute Gasteiger partial charge is 0.457 e. The van der Waals surface area contributed by atoms with Gasteiger partial charge in [0.1, 0.15) is 17.8 Å². The number of hydrogen-bond acceptors (Lipinski definition) is 2. The number of aldehydes is 1. The van der Waals surface area contributed by atoms with Crippen LogP contribution >= 0.6 is 0 Å². The number of carbonyl (C=O) groups is 1. The summed E-state index contributed by atoms with van der Waals surface area (Å²) in [6, 6.07) is 15.1. The molecule has 0 aliphatic rings. The maximum atomic E-state index is 10.6. The zero-order chi connectivity index (χ0) is 13.0. The van der Waals surface area contributed by atoms with Crippen molar-refractivity contribution < 1.29 is 9.53 Å². The summed E-state index contributed by atoms with van der Waals surface area (Å²) < 4.78 is 5.75. The second-order valence-electron chi connectivity index (χ2n) is 4.52. The molecule has 0 atom stereocenters. The molecule has 2 aromatic rings. The molecule has 0 radical (unpaired) electrons. The third-order valence-electron chi connectivity index (χ3n) is 2.78. The zero-order valence-corrected chi connectivity index (χ0v) is 10.6. The van der Waals surface area contributed by atoms with Crippen molar-refractivity contribution >= 4 is 6.29 Å². The quantitative estimate of drug-likeness (QED) is 0.740. The lowest BCUT2D eigenvalue weighted by molar-refractivity contribution is 0.112. The summed E-state index contributed by atoms with van der Waals surface area (Å²) in [5, 5.41) is 0. The highest BCUT2D eigenvalue weighted by atomic mass is 16.5. The first-order valence-corrected chi connectivity index (χ1v) is 6.02. The van der Waals surface area contributed by atoms with Gasteiger partial charge in [-0.1, -0.05) is 26.0 Å². The van der Waals surface area contributed by atoms with Crippen molar-refractivity contribution in [2.24, 2.45) is 0 Å². The van der Waals surface area contributed by atoms with Gasteiger partial charge < -0.3 is 4.74 Å². The summed E-state index contributed by atoms with van der Waals surface area (Å²) in [5.41, 5.74) is 1.90. The lowest BCUT2D eigenvalue weighted by Crippen LogP contribution is -1.89. The van der Waals surface area contributed by atoms with Crippen LogP contribution in [-0.2, 0) is 0 Å². The molecule has 0 saturated carbocycles. The molecule has 2 nitrogen and oxygen atoms in total. The van der Waals surface area contributed by atoms with Gasteiger partial charge in [0.15, 0.2) is 0 Å². The Hall–Kier alpha value is -2.09. The molecular weight excluding hydrogens is 224 g/mol. The Kier molecular flexibility index (Phi) is 3.78. The molecule has 0 amide bonds. The molecule has 2 aromatic carbocycles. The van der Waals surface area contributed by atoms with Gasteiger partial charge in [-0.15, -0.1) is 0 Å². The van der Waals surface area contributed by atoms with Crippen LogP contribution < -0.4 is 4.74 Å². The number of benzene rings is 2. The molecule has 92 valence electrons. The average molecular weight is 240 g/mol. The first-order chi connectivity index (χ1) is 8.69. The van der Waals surface area contributed by atoms with Crippen molar-refractivity contribution in [3.05, 3.63) is 59.7 Å². The Morgan fingerprint density at radius 3 is 2.33 bits per heavy atom. The van der Waals surface area contributed by atoms with Crippen LogP contribution in [0.15, 0.2) is 48.5 Å². The second kappa shape index (κ2) is 5.50.